The van der Waals surface area contributed by atoms with Crippen LogP contribution >= 0.6 is 0 Å². The summed E-state index contributed by atoms with van der Waals surface area (Å²) in [5.41, 5.74) is 0.439. The van der Waals surface area contributed by atoms with Crippen molar-refractivity contribution in [2.45, 2.75) is 72.0 Å². The molecule has 0 aromatic heterocycles. The first kappa shape index (κ1) is 11.0. The third-order valence-corrected chi connectivity index (χ3v) is 3.40. The number of hydrogen-bond donors (Lipinski definition) is 0. The first-order chi connectivity index (χ1) is 5.91. The number of hydrogen-bond acceptors (Lipinski definition) is 1. The van der Waals surface area contributed by atoms with Gasteiger partial charge in [0.25, 0.3) is 0 Å². The van der Waals surface area contributed by atoms with Gasteiger partial charge in [0.05, 0.1) is 11.7 Å². The summed E-state index contributed by atoms with van der Waals surface area (Å²) >= 11 is 0. The van der Waals surface area contributed by atoms with E-state index in [1.54, 1.807) is 0 Å². The summed E-state index contributed by atoms with van der Waals surface area (Å²) in [6.07, 6.45) is 5.37. The molecule has 0 saturated carbocycles. The molecule has 1 aliphatic heterocycles. The lowest BCUT2D eigenvalue weighted by Crippen LogP contribution is -2.42. The molecule has 0 aromatic rings. The van der Waals surface area contributed by atoms with Crippen molar-refractivity contribution in [1.29, 1.82) is 0 Å². The normalized spacial score (nSPS) is 35.3. The second-order valence-electron chi connectivity index (χ2n) is 5.46. The van der Waals surface area contributed by atoms with Gasteiger partial charge < -0.3 is 4.74 Å². The number of rotatable bonds is 2. The molecule has 1 rings (SSSR count). The van der Waals surface area contributed by atoms with Crippen molar-refractivity contribution in [2.75, 3.05) is 0 Å². The van der Waals surface area contributed by atoms with Crippen molar-refractivity contribution in [2.24, 2.45) is 5.41 Å². The Bertz CT molecular complexity index is 164. The summed E-state index contributed by atoms with van der Waals surface area (Å²) in [5.74, 6) is 0. The molecule has 1 heteroatoms. The fourth-order valence-corrected chi connectivity index (χ4v) is 2.45. The Morgan fingerprint density at radius 3 is 2.31 bits per heavy atom. The average molecular weight is 184 g/mol. The van der Waals surface area contributed by atoms with Crippen LogP contribution in [-0.4, -0.2) is 11.7 Å². The summed E-state index contributed by atoms with van der Waals surface area (Å²) in [4.78, 5) is 0. The van der Waals surface area contributed by atoms with E-state index in [0.717, 1.165) is 0 Å². The van der Waals surface area contributed by atoms with Gasteiger partial charge in [0.1, 0.15) is 0 Å². The summed E-state index contributed by atoms with van der Waals surface area (Å²) in [7, 11) is 0. The lowest BCUT2D eigenvalue weighted by molar-refractivity contribution is -0.109. The zero-order chi connectivity index (χ0) is 10.1. The maximum Gasteiger partial charge on any atom is 0.0735 e. The maximum absolute atomic E-state index is 6.15. The van der Waals surface area contributed by atoms with Crippen LogP contribution in [0.2, 0.25) is 0 Å². The van der Waals surface area contributed by atoms with Gasteiger partial charge in [-0.2, -0.15) is 0 Å². The van der Waals surface area contributed by atoms with Crippen LogP contribution in [0.3, 0.4) is 0 Å². The van der Waals surface area contributed by atoms with Gasteiger partial charge in [-0.1, -0.05) is 34.1 Å². The lowest BCUT2D eigenvalue weighted by Gasteiger charge is -2.41. The minimum atomic E-state index is 0.154. The molecule has 0 N–H and O–H groups in total. The molecule has 1 aliphatic rings. The van der Waals surface area contributed by atoms with Crippen LogP contribution in [0.25, 0.3) is 0 Å². The molecule has 0 amide bonds. The molecule has 2 atom stereocenters. The molecular weight excluding hydrogens is 160 g/mol. The van der Waals surface area contributed by atoms with Gasteiger partial charge in [-0.3, -0.25) is 0 Å². The molecule has 1 nitrogen and oxygen atoms in total. The predicted molar refractivity (Wildman–Crippen MR) is 56.9 cm³/mol. The van der Waals surface area contributed by atoms with Gasteiger partial charge in [-0.25, -0.2) is 0 Å². The third-order valence-electron chi connectivity index (χ3n) is 3.40. The Labute approximate surface area is 82.9 Å². The largest absolute Gasteiger partial charge is 0.372 e. The van der Waals surface area contributed by atoms with Gasteiger partial charge in [0, 0.05) is 0 Å². The van der Waals surface area contributed by atoms with Crippen LogP contribution in [0.1, 0.15) is 60.3 Å². The monoisotopic (exact) mass is 184 g/mol. The Balaban J connectivity index is 2.77. The minimum Gasteiger partial charge on any atom is -0.372 e. The second-order valence-corrected chi connectivity index (χ2v) is 5.46. The fourth-order valence-electron chi connectivity index (χ4n) is 2.45. The molecule has 78 valence electrons. The fraction of sp³-hybridized carbons (Fsp3) is 1.00. The summed E-state index contributed by atoms with van der Waals surface area (Å²) < 4.78 is 6.15. The number of ether oxygens (including phenoxy) is 1. The van der Waals surface area contributed by atoms with Crippen molar-refractivity contribution in [3.63, 3.8) is 0 Å². The smallest absolute Gasteiger partial charge is 0.0735 e. The molecule has 1 heterocycles. The first-order valence-electron chi connectivity index (χ1n) is 5.59. The minimum absolute atomic E-state index is 0.154. The van der Waals surface area contributed by atoms with E-state index in [9.17, 15) is 0 Å². The third kappa shape index (κ3) is 2.07. The van der Waals surface area contributed by atoms with Gasteiger partial charge in [-0.15, -0.1) is 0 Å². The molecule has 0 aromatic carbocycles. The van der Waals surface area contributed by atoms with Gasteiger partial charge in [0.2, 0.25) is 0 Å². The summed E-state index contributed by atoms with van der Waals surface area (Å²) in [6, 6.07) is 0. The highest BCUT2D eigenvalue weighted by Crippen LogP contribution is 2.46. The Morgan fingerprint density at radius 1 is 1.38 bits per heavy atom. The van der Waals surface area contributed by atoms with Crippen LogP contribution in [0.4, 0.5) is 0 Å². The van der Waals surface area contributed by atoms with Crippen LogP contribution in [-0.2, 0) is 4.74 Å². The van der Waals surface area contributed by atoms with Crippen molar-refractivity contribution >= 4 is 0 Å². The van der Waals surface area contributed by atoms with Crippen molar-refractivity contribution in [1.82, 2.24) is 0 Å². The molecule has 1 fully saturated rings. The lowest BCUT2D eigenvalue weighted by atomic mass is 9.72. The van der Waals surface area contributed by atoms with Gasteiger partial charge in [0.15, 0.2) is 0 Å². The van der Waals surface area contributed by atoms with E-state index in [2.05, 4.69) is 34.6 Å². The molecular formula is C12H24O. The van der Waals surface area contributed by atoms with E-state index in [-0.39, 0.29) is 11.0 Å². The van der Waals surface area contributed by atoms with Gasteiger partial charge in [-0.05, 0) is 31.6 Å². The Morgan fingerprint density at radius 2 is 2.00 bits per heavy atom. The molecule has 0 unspecified atom stereocenters. The van der Waals surface area contributed by atoms with E-state index in [0.29, 0.717) is 6.10 Å². The van der Waals surface area contributed by atoms with Crippen LogP contribution in [0, 0.1) is 5.41 Å². The Hall–Kier alpha value is -0.0400. The molecule has 0 aliphatic carbocycles. The molecule has 0 radical (unpaired) electrons. The predicted octanol–water partition coefficient (Wildman–Crippen LogP) is 3.77. The molecule has 0 spiro atoms. The quantitative estimate of drug-likeness (QED) is 0.634. The highest BCUT2D eigenvalue weighted by Gasteiger charge is 2.46. The van der Waals surface area contributed by atoms with Crippen LogP contribution in [0.5, 0.6) is 0 Å². The van der Waals surface area contributed by atoms with Crippen molar-refractivity contribution in [3.8, 4) is 0 Å². The summed E-state index contributed by atoms with van der Waals surface area (Å²) in [6.45, 7) is 11.4. The van der Waals surface area contributed by atoms with E-state index in [4.69, 9.17) is 4.74 Å². The highest BCUT2D eigenvalue weighted by molar-refractivity contribution is 4.96. The Kier molecular flexibility index (Phi) is 3.06. The van der Waals surface area contributed by atoms with E-state index < -0.39 is 0 Å². The van der Waals surface area contributed by atoms with E-state index in [1.807, 2.05) is 0 Å². The molecule has 13 heavy (non-hydrogen) atoms. The maximum atomic E-state index is 6.15. The van der Waals surface area contributed by atoms with Crippen LogP contribution in [0.15, 0.2) is 0 Å². The standard InChI is InChI=1S/C12H24O/c1-6-8-12(11(3,4)5)9-7-10(2)13-12/h10H,6-9H2,1-5H3/t10-,12-/m0/s1. The highest BCUT2D eigenvalue weighted by atomic mass is 16.5. The SMILES string of the molecule is CCC[C@@]1(C(C)(C)C)CC[C@H](C)O1. The first-order valence-corrected chi connectivity index (χ1v) is 5.59. The van der Waals surface area contributed by atoms with Crippen LogP contribution < -0.4 is 0 Å². The second kappa shape index (κ2) is 3.61. The zero-order valence-corrected chi connectivity index (χ0v) is 9.81. The molecule has 0 bridgehead atoms. The van der Waals surface area contributed by atoms with Gasteiger partial charge >= 0.3 is 0 Å². The zero-order valence-electron chi connectivity index (χ0n) is 9.81. The van der Waals surface area contributed by atoms with E-state index in [1.165, 1.54) is 25.7 Å². The average Bonchev–Trinajstić information content (AvgIpc) is 2.32. The summed E-state index contributed by atoms with van der Waals surface area (Å²) in [5, 5.41) is 0. The van der Waals surface area contributed by atoms with E-state index >= 15 is 0 Å². The van der Waals surface area contributed by atoms with Crippen molar-refractivity contribution < 1.29 is 4.74 Å². The van der Waals surface area contributed by atoms with Crippen molar-refractivity contribution in [3.05, 3.63) is 0 Å². The molecule has 1 saturated heterocycles. The topological polar surface area (TPSA) is 9.23 Å².